The summed E-state index contributed by atoms with van der Waals surface area (Å²) in [7, 11) is 1.68. The summed E-state index contributed by atoms with van der Waals surface area (Å²) in [5.41, 5.74) is 2.50. The van der Waals surface area contributed by atoms with Crippen LogP contribution in [-0.4, -0.2) is 16.9 Å². The number of aromatic nitrogens is 2. The van der Waals surface area contributed by atoms with Crippen molar-refractivity contribution in [1.82, 2.24) is 9.78 Å². The Bertz CT molecular complexity index is 451. The first-order chi connectivity index (χ1) is 7.79. The average molecular weight is 253 g/mol. The van der Waals surface area contributed by atoms with E-state index in [-0.39, 0.29) is 12.4 Å². The molecule has 0 aliphatic heterocycles. The highest BCUT2D eigenvalue weighted by molar-refractivity contribution is 5.85. The quantitative estimate of drug-likeness (QED) is 0.837. The summed E-state index contributed by atoms with van der Waals surface area (Å²) in [6.45, 7) is 2.99. The summed E-state index contributed by atoms with van der Waals surface area (Å²) in [4.78, 5) is 0. The Morgan fingerprint density at radius 2 is 1.88 bits per heavy atom. The summed E-state index contributed by atoms with van der Waals surface area (Å²) < 4.78 is 7.14. The minimum Gasteiger partial charge on any atom is -0.497 e. The van der Waals surface area contributed by atoms with Crippen molar-refractivity contribution in [3.05, 3.63) is 47.8 Å². The summed E-state index contributed by atoms with van der Waals surface area (Å²) in [6.07, 6.45) is 2.83. The molecule has 2 rings (SSSR count). The maximum atomic E-state index is 5.12. The molecule has 1 aromatic carbocycles. The maximum absolute atomic E-state index is 5.12. The number of aryl methyl sites for hydroxylation is 3. The molecule has 0 radical (unpaired) electrons. The molecule has 0 aliphatic rings. The smallest absolute Gasteiger partial charge is 0.118 e. The van der Waals surface area contributed by atoms with E-state index in [4.69, 9.17) is 4.74 Å². The highest BCUT2D eigenvalue weighted by Crippen LogP contribution is 2.12. The lowest BCUT2D eigenvalue weighted by atomic mass is 10.1. The van der Waals surface area contributed by atoms with Crippen molar-refractivity contribution in [3.8, 4) is 5.75 Å². The number of ether oxygens (including phenoxy) is 1. The second kappa shape index (κ2) is 6.30. The van der Waals surface area contributed by atoms with Crippen LogP contribution < -0.4 is 4.74 Å². The van der Waals surface area contributed by atoms with Crippen LogP contribution in [0.3, 0.4) is 0 Å². The van der Waals surface area contributed by atoms with Gasteiger partial charge in [-0.2, -0.15) is 5.10 Å². The van der Waals surface area contributed by atoms with Gasteiger partial charge in [-0.1, -0.05) is 12.1 Å². The zero-order valence-electron chi connectivity index (χ0n) is 10.1. The molecule has 0 aliphatic carbocycles. The SMILES string of the molecule is COc1ccc(CCn2nccc2C)cc1.Cl. The Morgan fingerprint density at radius 1 is 1.18 bits per heavy atom. The number of rotatable bonds is 4. The molecule has 0 spiro atoms. The first-order valence-corrected chi connectivity index (χ1v) is 5.41. The van der Waals surface area contributed by atoms with Gasteiger partial charge in [0, 0.05) is 18.4 Å². The minimum atomic E-state index is 0. The highest BCUT2D eigenvalue weighted by atomic mass is 35.5. The van der Waals surface area contributed by atoms with E-state index < -0.39 is 0 Å². The van der Waals surface area contributed by atoms with E-state index in [0.29, 0.717) is 0 Å². The molecule has 0 atom stereocenters. The first kappa shape index (κ1) is 13.6. The fraction of sp³-hybridized carbons (Fsp3) is 0.308. The summed E-state index contributed by atoms with van der Waals surface area (Å²) in [6, 6.07) is 10.2. The van der Waals surface area contributed by atoms with E-state index >= 15 is 0 Å². The van der Waals surface area contributed by atoms with Gasteiger partial charge in [0.05, 0.1) is 7.11 Å². The zero-order valence-corrected chi connectivity index (χ0v) is 10.9. The molecule has 0 bridgehead atoms. The van der Waals surface area contributed by atoms with Crippen LogP contribution in [0.25, 0.3) is 0 Å². The van der Waals surface area contributed by atoms with Crippen LogP contribution in [0.4, 0.5) is 0 Å². The topological polar surface area (TPSA) is 27.1 Å². The Hall–Kier alpha value is -1.48. The lowest BCUT2D eigenvalue weighted by Gasteiger charge is -2.05. The van der Waals surface area contributed by atoms with Gasteiger partial charge in [-0.05, 0) is 37.1 Å². The van der Waals surface area contributed by atoms with E-state index in [9.17, 15) is 0 Å². The van der Waals surface area contributed by atoms with Crippen molar-refractivity contribution < 1.29 is 4.74 Å². The van der Waals surface area contributed by atoms with Gasteiger partial charge in [-0.3, -0.25) is 4.68 Å². The van der Waals surface area contributed by atoms with Gasteiger partial charge in [0.2, 0.25) is 0 Å². The largest absolute Gasteiger partial charge is 0.497 e. The minimum absolute atomic E-state index is 0. The highest BCUT2D eigenvalue weighted by Gasteiger charge is 1.98. The average Bonchev–Trinajstić information content (AvgIpc) is 2.73. The monoisotopic (exact) mass is 252 g/mol. The van der Waals surface area contributed by atoms with Crippen LogP contribution in [-0.2, 0) is 13.0 Å². The zero-order chi connectivity index (χ0) is 11.4. The lowest BCUT2D eigenvalue weighted by molar-refractivity contribution is 0.414. The Labute approximate surface area is 108 Å². The van der Waals surface area contributed by atoms with Gasteiger partial charge >= 0.3 is 0 Å². The van der Waals surface area contributed by atoms with Crippen LogP contribution in [0.2, 0.25) is 0 Å². The van der Waals surface area contributed by atoms with Crippen molar-refractivity contribution >= 4 is 12.4 Å². The fourth-order valence-electron chi connectivity index (χ4n) is 1.66. The van der Waals surface area contributed by atoms with Crippen molar-refractivity contribution in [2.75, 3.05) is 7.11 Å². The van der Waals surface area contributed by atoms with Gasteiger partial charge in [-0.15, -0.1) is 12.4 Å². The molecule has 2 aromatic rings. The third kappa shape index (κ3) is 3.49. The number of hydrogen-bond acceptors (Lipinski definition) is 2. The van der Waals surface area contributed by atoms with E-state index in [1.54, 1.807) is 7.11 Å². The molecular weight excluding hydrogens is 236 g/mol. The van der Waals surface area contributed by atoms with E-state index in [1.807, 2.05) is 29.1 Å². The molecule has 0 saturated carbocycles. The predicted molar refractivity (Wildman–Crippen MR) is 70.9 cm³/mol. The van der Waals surface area contributed by atoms with E-state index in [0.717, 1.165) is 18.7 Å². The van der Waals surface area contributed by atoms with Crippen LogP contribution in [0.5, 0.6) is 5.75 Å². The molecular formula is C13H17ClN2O. The van der Waals surface area contributed by atoms with Crippen molar-refractivity contribution in [2.45, 2.75) is 19.9 Å². The standard InChI is InChI=1S/C13H16N2O.ClH/c1-11-7-9-14-15(11)10-8-12-3-5-13(16-2)6-4-12;/h3-7,9H,8,10H2,1-2H3;1H. The van der Waals surface area contributed by atoms with E-state index in [2.05, 4.69) is 24.2 Å². The third-order valence-electron chi connectivity index (χ3n) is 2.70. The predicted octanol–water partition coefficient (Wildman–Crippen LogP) is 2.86. The second-order valence-electron chi connectivity index (χ2n) is 3.79. The van der Waals surface area contributed by atoms with Crippen molar-refractivity contribution in [1.29, 1.82) is 0 Å². The van der Waals surface area contributed by atoms with Gasteiger partial charge in [0.1, 0.15) is 5.75 Å². The third-order valence-corrected chi connectivity index (χ3v) is 2.70. The number of halogens is 1. The molecule has 4 heteroatoms. The van der Waals surface area contributed by atoms with Gasteiger partial charge in [-0.25, -0.2) is 0 Å². The van der Waals surface area contributed by atoms with E-state index in [1.165, 1.54) is 11.3 Å². The Morgan fingerprint density at radius 3 is 2.41 bits per heavy atom. The summed E-state index contributed by atoms with van der Waals surface area (Å²) >= 11 is 0. The molecule has 92 valence electrons. The first-order valence-electron chi connectivity index (χ1n) is 5.41. The molecule has 0 unspecified atom stereocenters. The molecule has 0 fully saturated rings. The lowest BCUT2D eigenvalue weighted by Crippen LogP contribution is -2.04. The van der Waals surface area contributed by atoms with Crippen LogP contribution in [0.1, 0.15) is 11.3 Å². The number of methoxy groups -OCH3 is 1. The Balaban J connectivity index is 0.00000144. The molecule has 3 nitrogen and oxygen atoms in total. The van der Waals surface area contributed by atoms with Crippen LogP contribution >= 0.6 is 12.4 Å². The summed E-state index contributed by atoms with van der Waals surface area (Å²) in [5.74, 6) is 0.902. The molecule has 0 N–H and O–H groups in total. The second-order valence-corrected chi connectivity index (χ2v) is 3.79. The molecule has 1 aromatic heterocycles. The molecule has 17 heavy (non-hydrogen) atoms. The maximum Gasteiger partial charge on any atom is 0.118 e. The Kier molecular flexibility index (Phi) is 5.04. The van der Waals surface area contributed by atoms with Crippen LogP contribution in [0, 0.1) is 6.92 Å². The fourth-order valence-corrected chi connectivity index (χ4v) is 1.66. The molecule has 1 heterocycles. The number of nitrogens with zero attached hydrogens (tertiary/aromatic N) is 2. The van der Waals surface area contributed by atoms with Gasteiger partial charge < -0.3 is 4.74 Å². The normalized spacial score (nSPS) is 9.76. The van der Waals surface area contributed by atoms with Crippen molar-refractivity contribution in [3.63, 3.8) is 0 Å². The summed E-state index contributed by atoms with van der Waals surface area (Å²) in [5, 5.41) is 4.26. The molecule has 0 amide bonds. The van der Waals surface area contributed by atoms with Crippen molar-refractivity contribution in [2.24, 2.45) is 0 Å². The number of benzene rings is 1. The molecule has 0 saturated heterocycles. The number of hydrogen-bond donors (Lipinski definition) is 0. The van der Waals surface area contributed by atoms with Crippen LogP contribution in [0.15, 0.2) is 36.5 Å². The van der Waals surface area contributed by atoms with Gasteiger partial charge in [0.25, 0.3) is 0 Å². The van der Waals surface area contributed by atoms with Gasteiger partial charge in [0.15, 0.2) is 0 Å².